The monoisotopic (exact) mass is 345 g/mol. The molecule has 1 unspecified atom stereocenters. The van der Waals surface area contributed by atoms with Crippen LogP contribution in [0.25, 0.3) is 0 Å². The van der Waals surface area contributed by atoms with Crippen LogP contribution in [0.4, 0.5) is 5.69 Å². The minimum absolute atomic E-state index is 0.212. The Kier molecular flexibility index (Phi) is 8.14. The molecule has 0 saturated heterocycles. The van der Waals surface area contributed by atoms with Crippen LogP contribution in [0.5, 0.6) is 0 Å². The van der Waals surface area contributed by atoms with Crippen molar-refractivity contribution in [3.05, 3.63) is 28.2 Å². The third kappa shape index (κ3) is 6.70. The SMILES string of the molecule is Cc1cccc(NCC(O)COCCOC(C)C)c1Br. The van der Waals surface area contributed by atoms with Gasteiger partial charge in [-0.05, 0) is 48.3 Å². The maximum absolute atomic E-state index is 9.84. The average Bonchev–Trinajstić information content (AvgIpc) is 2.39. The van der Waals surface area contributed by atoms with Gasteiger partial charge in [-0.25, -0.2) is 0 Å². The van der Waals surface area contributed by atoms with Crippen molar-refractivity contribution in [1.82, 2.24) is 0 Å². The summed E-state index contributed by atoms with van der Waals surface area (Å²) in [6.07, 6.45) is -0.328. The van der Waals surface area contributed by atoms with Crippen LogP contribution in [0.15, 0.2) is 22.7 Å². The molecule has 0 amide bonds. The number of halogens is 1. The Balaban J connectivity index is 2.19. The summed E-state index contributed by atoms with van der Waals surface area (Å²) in [5, 5.41) is 13.0. The number of nitrogens with one attached hydrogen (secondary N) is 1. The van der Waals surface area contributed by atoms with Crippen LogP contribution in [0.1, 0.15) is 19.4 Å². The van der Waals surface area contributed by atoms with Crippen LogP contribution in [0.3, 0.4) is 0 Å². The topological polar surface area (TPSA) is 50.7 Å². The Labute approximate surface area is 129 Å². The lowest BCUT2D eigenvalue weighted by atomic mass is 10.2. The standard InChI is InChI=1S/C15H24BrNO3/c1-11(2)20-8-7-19-10-13(18)9-17-14-6-4-5-12(3)15(14)16/h4-6,11,13,17-18H,7-10H2,1-3H3. The molecular weight excluding hydrogens is 322 g/mol. The first kappa shape index (κ1) is 17.4. The van der Waals surface area contributed by atoms with Crippen molar-refractivity contribution < 1.29 is 14.6 Å². The molecule has 1 aromatic rings. The first-order valence-corrected chi connectivity index (χ1v) is 7.66. The summed E-state index contributed by atoms with van der Waals surface area (Å²) in [6.45, 7) is 7.82. The number of hydrogen-bond acceptors (Lipinski definition) is 4. The molecule has 1 atom stereocenters. The Morgan fingerprint density at radius 1 is 1.30 bits per heavy atom. The summed E-state index contributed by atoms with van der Waals surface area (Å²) in [4.78, 5) is 0. The van der Waals surface area contributed by atoms with E-state index in [-0.39, 0.29) is 6.10 Å². The summed E-state index contributed by atoms with van der Waals surface area (Å²) < 4.78 is 11.7. The maximum atomic E-state index is 9.84. The molecular formula is C15H24BrNO3. The van der Waals surface area contributed by atoms with Gasteiger partial charge in [0.15, 0.2) is 0 Å². The Bertz CT molecular complexity index is 399. The molecule has 20 heavy (non-hydrogen) atoms. The lowest BCUT2D eigenvalue weighted by molar-refractivity contribution is -0.00734. The zero-order chi connectivity index (χ0) is 15.0. The van der Waals surface area contributed by atoms with E-state index >= 15 is 0 Å². The van der Waals surface area contributed by atoms with Gasteiger partial charge in [-0.3, -0.25) is 0 Å². The fourth-order valence-electron chi connectivity index (χ4n) is 1.63. The van der Waals surface area contributed by atoms with Crippen molar-refractivity contribution in [3.63, 3.8) is 0 Å². The van der Waals surface area contributed by atoms with E-state index in [2.05, 4.69) is 21.2 Å². The highest BCUT2D eigenvalue weighted by Gasteiger charge is 2.07. The molecule has 114 valence electrons. The van der Waals surface area contributed by atoms with Gasteiger partial charge in [0.25, 0.3) is 0 Å². The van der Waals surface area contributed by atoms with Gasteiger partial charge in [-0.15, -0.1) is 0 Å². The van der Waals surface area contributed by atoms with E-state index in [9.17, 15) is 5.11 Å². The molecule has 0 radical (unpaired) electrons. The van der Waals surface area contributed by atoms with E-state index in [1.54, 1.807) is 0 Å². The van der Waals surface area contributed by atoms with Gasteiger partial charge >= 0.3 is 0 Å². The molecule has 4 nitrogen and oxygen atoms in total. The smallest absolute Gasteiger partial charge is 0.0945 e. The summed E-state index contributed by atoms with van der Waals surface area (Å²) >= 11 is 3.53. The van der Waals surface area contributed by atoms with Gasteiger partial charge < -0.3 is 19.9 Å². The highest BCUT2D eigenvalue weighted by molar-refractivity contribution is 9.10. The molecule has 0 aliphatic carbocycles. The molecule has 5 heteroatoms. The fourth-order valence-corrected chi connectivity index (χ4v) is 2.04. The van der Waals surface area contributed by atoms with Gasteiger partial charge in [0, 0.05) is 16.7 Å². The maximum Gasteiger partial charge on any atom is 0.0945 e. The number of benzene rings is 1. The third-order valence-corrected chi connectivity index (χ3v) is 3.76. The molecule has 0 aromatic heterocycles. The third-order valence-electron chi connectivity index (χ3n) is 2.71. The first-order chi connectivity index (χ1) is 9.50. The Morgan fingerprint density at radius 3 is 2.75 bits per heavy atom. The summed E-state index contributed by atoms with van der Waals surface area (Å²) in [7, 11) is 0. The van der Waals surface area contributed by atoms with Crippen molar-refractivity contribution in [2.45, 2.75) is 33.0 Å². The van der Waals surface area contributed by atoms with Gasteiger partial charge in [-0.1, -0.05) is 12.1 Å². The van der Waals surface area contributed by atoms with Crippen molar-refractivity contribution in [1.29, 1.82) is 0 Å². The van der Waals surface area contributed by atoms with Crippen LogP contribution in [0.2, 0.25) is 0 Å². The number of hydrogen-bond donors (Lipinski definition) is 2. The molecule has 2 N–H and O–H groups in total. The summed E-state index contributed by atoms with van der Waals surface area (Å²) in [5.74, 6) is 0. The normalized spacial score (nSPS) is 12.7. The minimum Gasteiger partial charge on any atom is -0.389 e. The molecule has 0 aliphatic rings. The number of aryl methyl sites for hydroxylation is 1. The lowest BCUT2D eigenvalue weighted by Gasteiger charge is -2.15. The number of ether oxygens (including phenoxy) is 2. The van der Waals surface area contributed by atoms with Gasteiger partial charge in [0.05, 0.1) is 32.0 Å². The second kappa shape index (κ2) is 9.34. The van der Waals surface area contributed by atoms with Gasteiger partial charge in [0.2, 0.25) is 0 Å². The zero-order valence-corrected chi connectivity index (χ0v) is 13.9. The van der Waals surface area contributed by atoms with Gasteiger partial charge in [-0.2, -0.15) is 0 Å². The van der Waals surface area contributed by atoms with Crippen LogP contribution in [0, 0.1) is 6.92 Å². The molecule has 1 rings (SSSR count). The first-order valence-electron chi connectivity index (χ1n) is 6.87. The molecule has 0 heterocycles. The highest BCUT2D eigenvalue weighted by Crippen LogP contribution is 2.25. The minimum atomic E-state index is -0.540. The van der Waals surface area contributed by atoms with Gasteiger partial charge in [0.1, 0.15) is 0 Å². The fraction of sp³-hybridized carbons (Fsp3) is 0.600. The van der Waals surface area contributed by atoms with E-state index in [0.29, 0.717) is 26.4 Å². The van der Waals surface area contributed by atoms with Crippen molar-refractivity contribution in [2.75, 3.05) is 31.7 Å². The Morgan fingerprint density at radius 2 is 2.05 bits per heavy atom. The van der Waals surface area contributed by atoms with E-state index < -0.39 is 6.10 Å². The largest absolute Gasteiger partial charge is 0.389 e. The highest BCUT2D eigenvalue weighted by atomic mass is 79.9. The van der Waals surface area contributed by atoms with Crippen LogP contribution in [-0.4, -0.2) is 43.7 Å². The van der Waals surface area contributed by atoms with E-state index in [1.165, 1.54) is 0 Å². The molecule has 0 aliphatic heterocycles. The quantitative estimate of drug-likeness (QED) is 0.675. The van der Waals surface area contributed by atoms with E-state index in [1.807, 2.05) is 39.0 Å². The van der Waals surface area contributed by atoms with Crippen LogP contribution < -0.4 is 5.32 Å². The molecule has 1 aromatic carbocycles. The average molecular weight is 346 g/mol. The summed E-state index contributed by atoms with van der Waals surface area (Å²) in [5.41, 5.74) is 2.14. The van der Waals surface area contributed by atoms with E-state index in [4.69, 9.17) is 9.47 Å². The van der Waals surface area contributed by atoms with Crippen LogP contribution >= 0.6 is 15.9 Å². The van der Waals surface area contributed by atoms with E-state index in [0.717, 1.165) is 15.7 Å². The number of anilines is 1. The number of rotatable bonds is 9. The second-order valence-electron chi connectivity index (χ2n) is 4.97. The predicted molar refractivity (Wildman–Crippen MR) is 85.3 cm³/mol. The molecule has 0 saturated carbocycles. The molecule has 0 spiro atoms. The van der Waals surface area contributed by atoms with Crippen molar-refractivity contribution in [2.24, 2.45) is 0 Å². The number of aliphatic hydroxyl groups excluding tert-OH is 1. The predicted octanol–water partition coefficient (Wildman–Crippen LogP) is 2.97. The molecule has 0 fully saturated rings. The van der Waals surface area contributed by atoms with Crippen molar-refractivity contribution >= 4 is 21.6 Å². The van der Waals surface area contributed by atoms with Crippen molar-refractivity contribution in [3.8, 4) is 0 Å². The van der Waals surface area contributed by atoms with Crippen LogP contribution in [-0.2, 0) is 9.47 Å². The lowest BCUT2D eigenvalue weighted by Crippen LogP contribution is -2.26. The zero-order valence-electron chi connectivity index (χ0n) is 12.4. The summed E-state index contributed by atoms with van der Waals surface area (Å²) in [6, 6.07) is 5.99. The Hall–Kier alpha value is -0.620. The molecule has 0 bridgehead atoms. The number of aliphatic hydroxyl groups is 1. The second-order valence-corrected chi connectivity index (χ2v) is 5.76.